The second-order valence-corrected chi connectivity index (χ2v) is 12.9. The Balaban J connectivity index is 1.44. The molecule has 8 heteroatoms. The van der Waals surface area contributed by atoms with Crippen LogP contribution in [-0.2, 0) is 0 Å². The van der Waals surface area contributed by atoms with E-state index in [-0.39, 0.29) is 10.9 Å². The van der Waals surface area contributed by atoms with Crippen LogP contribution in [0.15, 0.2) is 71.8 Å². The monoisotopic (exact) mass is 562 g/mol. The van der Waals surface area contributed by atoms with E-state index in [0.717, 1.165) is 76.3 Å². The summed E-state index contributed by atoms with van der Waals surface area (Å²) in [7, 11) is 0. The summed E-state index contributed by atoms with van der Waals surface area (Å²) in [6.07, 6.45) is 4.18. The second-order valence-electron chi connectivity index (χ2n) is 10.9. The minimum absolute atomic E-state index is 0.0485. The van der Waals surface area contributed by atoms with Crippen LogP contribution in [0.25, 0.3) is 10.6 Å². The zero-order valence-corrected chi connectivity index (χ0v) is 24.6. The van der Waals surface area contributed by atoms with Crippen molar-refractivity contribution in [1.29, 1.82) is 0 Å². The molecule has 5 rings (SSSR count). The Morgan fingerprint density at radius 1 is 1.00 bits per heavy atom. The van der Waals surface area contributed by atoms with E-state index in [0.29, 0.717) is 13.2 Å². The molecule has 2 aliphatic rings. The predicted octanol–water partition coefficient (Wildman–Crippen LogP) is 7.61. The number of nitrogens with zero attached hydrogens (tertiary/aromatic N) is 1. The summed E-state index contributed by atoms with van der Waals surface area (Å²) in [4.78, 5) is 5.93. The molecule has 2 aromatic carbocycles. The van der Waals surface area contributed by atoms with Gasteiger partial charge in [-0.15, -0.1) is 0 Å². The Kier molecular flexibility index (Phi) is 9.27. The van der Waals surface area contributed by atoms with E-state index in [2.05, 4.69) is 72.5 Å². The van der Waals surface area contributed by atoms with Crippen LogP contribution in [0.4, 0.5) is 5.82 Å². The fraction of sp³-hybridized carbons (Fsp3) is 0.387. The molecule has 0 amide bonds. The van der Waals surface area contributed by atoms with Crippen LogP contribution in [0.2, 0.25) is 0 Å². The van der Waals surface area contributed by atoms with E-state index in [4.69, 9.17) is 14.5 Å². The van der Waals surface area contributed by atoms with Gasteiger partial charge in [0.05, 0.1) is 18.9 Å². The summed E-state index contributed by atoms with van der Waals surface area (Å²) in [5, 5.41) is 8.11. The molecule has 6 nitrogen and oxygen atoms in total. The molecule has 3 aromatic rings. The second kappa shape index (κ2) is 13.0. The standard InChI is InChI=1S/C31H38N4O2S2/c1-31(2,3)17-20-36-23-12-9-11-22(21-23)29-28-24-13-5-6-14-25(24)37-19-8-4-7-18-32-26-15-10-16-27(33-26)39-35-30(34-28)38-29/h5-6,9-16,21,30,34-35H,4,7-8,17-20H2,1-3H3,(H,32,33). The average Bonchev–Trinajstić information content (AvgIpc) is 3.35. The number of anilines is 1. The minimum atomic E-state index is -0.0485. The highest BCUT2D eigenvalue weighted by Crippen LogP contribution is 2.45. The van der Waals surface area contributed by atoms with Crippen LogP contribution in [0.3, 0.4) is 0 Å². The molecule has 0 radical (unpaired) electrons. The first kappa shape index (κ1) is 27.7. The van der Waals surface area contributed by atoms with Gasteiger partial charge in [0.25, 0.3) is 0 Å². The van der Waals surface area contributed by atoms with E-state index in [1.807, 2.05) is 30.3 Å². The Hall–Kier alpha value is -2.81. The Bertz CT molecular complexity index is 1290. The minimum Gasteiger partial charge on any atom is -0.494 e. The zero-order valence-electron chi connectivity index (χ0n) is 23.0. The lowest BCUT2D eigenvalue weighted by Gasteiger charge is -2.18. The van der Waals surface area contributed by atoms with E-state index in [9.17, 15) is 0 Å². The van der Waals surface area contributed by atoms with Gasteiger partial charge >= 0.3 is 0 Å². The third kappa shape index (κ3) is 7.87. The number of ether oxygens (including phenoxy) is 2. The number of rotatable bonds is 4. The van der Waals surface area contributed by atoms with Crippen molar-refractivity contribution in [3.8, 4) is 11.5 Å². The molecule has 2 aliphatic heterocycles. The van der Waals surface area contributed by atoms with E-state index >= 15 is 0 Å². The van der Waals surface area contributed by atoms with Gasteiger partial charge in [-0.3, -0.25) is 0 Å². The maximum absolute atomic E-state index is 6.33. The summed E-state index contributed by atoms with van der Waals surface area (Å²) >= 11 is 3.30. The third-order valence-corrected chi connectivity index (χ3v) is 8.58. The normalized spacial score (nSPS) is 18.3. The molecule has 0 saturated carbocycles. The summed E-state index contributed by atoms with van der Waals surface area (Å²) in [6.45, 7) is 9.01. The molecule has 1 aromatic heterocycles. The molecule has 0 aliphatic carbocycles. The first-order chi connectivity index (χ1) is 18.9. The van der Waals surface area contributed by atoms with Crippen molar-refractivity contribution in [3.63, 3.8) is 0 Å². The summed E-state index contributed by atoms with van der Waals surface area (Å²) in [5.41, 5.74) is 3.45. The summed E-state index contributed by atoms with van der Waals surface area (Å²) < 4.78 is 16.1. The van der Waals surface area contributed by atoms with Crippen LogP contribution in [0, 0.1) is 5.41 Å². The molecule has 1 atom stereocenters. The molecule has 0 fully saturated rings. The number of pyridine rings is 1. The summed E-state index contributed by atoms with van der Waals surface area (Å²) in [5.74, 6) is 2.70. The maximum Gasteiger partial charge on any atom is 0.139 e. The molecular formula is C31H38N4O2S2. The first-order valence-electron chi connectivity index (χ1n) is 13.7. The number of nitrogens with one attached hydrogen (secondary N) is 3. The van der Waals surface area contributed by atoms with Gasteiger partial charge in [-0.05, 0) is 85.0 Å². The van der Waals surface area contributed by atoms with Gasteiger partial charge in [-0.25, -0.2) is 9.71 Å². The van der Waals surface area contributed by atoms with Gasteiger partial charge in [0.1, 0.15) is 27.8 Å². The van der Waals surface area contributed by atoms with Gasteiger partial charge in [0.2, 0.25) is 0 Å². The molecule has 0 saturated heterocycles. The van der Waals surface area contributed by atoms with Crippen molar-refractivity contribution < 1.29 is 9.47 Å². The molecule has 206 valence electrons. The fourth-order valence-corrected chi connectivity index (χ4v) is 6.23. The smallest absolute Gasteiger partial charge is 0.139 e. The lowest BCUT2D eigenvalue weighted by molar-refractivity contribution is 0.243. The van der Waals surface area contributed by atoms with Crippen LogP contribution in [0.1, 0.15) is 57.6 Å². The Labute approximate surface area is 240 Å². The number of fused-ring (bicyclic) bond motifs is 6. The molecule has 4 bridgehead atoms. The number of para-hydroxylation sites is 1. The lowest BCUT2D eigenvalue weighted by Crippen LogP contribution is -2.31. The number of aromatic nitrogens is 1. The highest BCUT2D eigenvalue weighted by molar-refractivity contribution is 8.10. The van der Waals surface area contributed by atoms with Crippen molar-refractivity contribution in [2.75, 3.05) is 25.1 Å². The van der Waals surface area contributed by atoms with E-state index < -0.39 is 0 Å². The van der Waals surface area contributed by atoms with Crippen molar-refractivity contribution in [1.82, 2.24) is 15.0 Å². The molecule has 3 N–H and O–H groups in total. The topological polar surface area (TPSA) is 67.4 Å². The average molecular weight is 563 g/mol. The van der Waals surface area contributed by atoms with Crippen LogP contribution in [0.5, 0.6) is 11.5 Å². The van der Waals surface area contributed by atoms with Crippen molar-refractivity contribution in [2.45, 2.75) is 57.0 Å². The van der Waals surface area contributed by atoms with Crippen molar-refractivity contribution in [2.24, 2.45) is 5.41 Å². The molecule has 39 heavy (non-hydrogen) atoms. The third-order valence-electron chi connectivity index (χ3n) is 6.49. The largest absolute Gasteiger partial charge is 0.494 e. The molecule has 1 unspecified atom stereocenters. The highest BCUT2D eigenvalue weighted by atomic mass is 32.2. The van der Waals surface area contributed by atoms with Crippen molar-refractivity contribution in [3.05, 3.63) is 77.9 Å². The molecule has 0 spiro atoms. The maximum atomic E-state index is 6.33. The Morgan fingerprint density at radius 3 is 2.77 bits per heavy atom. The van der Waals surface area contributed by atoms with Crippen molar-refractivity contribution >= 4 is 40.1 Å². The fourth-order valence-electron chi connectivity index (χ4n) is 4.36. The number of hydrogen-bond donors (Lipinski definition) is 3. The molecular weight excluding hydrogens is 525 g/mol. The predicted molar refractivity (Wildman–Crippen MR) is 165 cm³/mol. The van der Waals surface area contributed by atoms with Gasteiger partial charge in [0, 0.05) is 17.0 Å². The summed E-state index contributed by atoms with van der Waals surface area (Å²) in [6, 6.07) is 22.8. The SMILES string of the molecule is CC(C)(C)CCOc1cccc(C2=C3NC(NSc4cccc(n4)NCCCCCOc4ccccc43)S2)c1. The Morgan fingerprint density at radius 2 is 1.87 bits per heavy atom. The van der Waals surface area contributed by atoms with Gasteiger partial charge in [-0.2, -0.15) is 0 Å². The van der Waals surface area contributed by atoms with Gasteiger partial charge in [0.15, 0.2) is 0 Å². The van der Waals surface area contributed by atoms with Crippen LogP contribution < -0.4 is 24.8 Å². The van der Waals surface area contributed by atoms with E-state index in [1.54, 1.807) is 11.8 Å². The first-order valence-corrected chi connectivity index (χ1v) is 15.4. The van der Waals surface area contributed by atoms with E-state index in [1.165, 1.54) is 11.9 Å². The lowest BCUT2D eigenvalue weighted by atomic mass is 9.93. The van der Waals surface area contributed by atoms with Crippen LogP contribution in [-0.4, -0.2) is 30.2 Å². The molecule has 3 heterocycles. The quantitative estimate of drug-likeness (QED) is 0.281. The van der Waals surface area contributed by atoms with Gasteiger partial charge in [-0.1, -0.05) is 62.9 Å². The highest BCUT2D eigenvalue weighted by Gasteiger charge is 2.28. The van der Waals surface area contributed by atoms with Gasteiger partial charge < -0.3 is 20.1 Å². The van der Waals surface area contributed by atoms with Crippen LogP contribution >= 0.6 is 23.7 Å². The number of thioether (sulfide) groups is 1. The zero-order chi connectivity index (χ0) is 27.1. The number of hydrogen-bond acceptors (Lipinski definition) is 8. The number of benzene rings is 2.